The van der Waals surface area contributed by atoms with Crippen molar-refractivity contribution in [1.82, 2.24) is 14.8 Å². The number of halogens is 3. The number of esters is 1. The molecule has 5 nitrogen and oxygen atoms in total. The van der Waals surface area contributed by atoms with Gasteiger partial charge < -0.3 is 4.74 Å². The van der Waals surface area contributed by atoms with E-state index in [0.29, 0.717) is 5.56 Å². The average Bonchev–Trinajstić information content (AvgIpc) is 2.85. The minimum atomic E-state index is -4.39. The van der Waals surface area contributed by atoms with Gasteiger partial charge >= 0.3 is 12.1 Å². The van der Waals surface area contributed by atoms with E-state index in [1.165, 1.54) is 30.3 Å². The molecule has 0 fully saturated rings. The van der Waals surface area contributed by atoms with Gasteiger partial charge in [-0.3, -0.25) is 0 Å². The molecule has 2 rings (SSSR count). The van der Waals surface area contributed by atoms with Gasteiger partial charge in [-0.25, -0.2) is 14.5 Å². The lowest BCUT2D eigenvalue weighted by atomic mass is 10.1. The lowest BCUT2D eigenvalue weighted by Gasteiger charge is -2.08. The molecule has 0 aliphatic heterocycles. The molecule has 0 aliphatic carbocycles. The van der Waals surface area contributed by atoms with Crippen molar-refractivity contribution >= 4 is 5.97 Å². The van der Waals surface area contributed by atoms with E-state index in [2.05, 4.69) is 14.8 Å². The Morgan fingerprint density at radius 1 is 1.40 bits per heavy atom. The first-order valence-corrected chi connectivity index (χ1v) is 5.54. The summed E-state index contributed by atoms with van der Waals surface area (Å²) in [7, 11) is 1.19. The monoisotopic (exact) mass is 285 g/mol. The van der Waals surface area contributed by atoms with Crippen molar-refractivity contribution in [2.45, 2.75) is 12.7 Å². The lowest BCUT2D eigenvalue weighted by Crippen LogP contribution is -2.08. The summed E-state index contributed by atoms with van der Waals surface area (Å²) >= 11 is 0. The summed E-state index contributed by atoms with van der Waals surface area (Å²) in [4.78, 5) is 14.9. The average molecular weight is 285 g/mol. The molecule has 0 amide bonds. The number of ether oxygens (including phenoxy) is 1. The first-order valence-electron chi connectivity index (χ1n) is 5.54. The molecule has 0 bridgehead atoms. The number of alkyl halides is 3. The van der Waals surface area contributed by atoms with Crippen LogP contribution in [-0.4, -0.2) is 27.8 Å². The first-order chi connectivity index (χ1) is 9.40. The van der Waals surface area contributed by atoms with Gasteiger partial charge in [0.2, 0.25) is 0 Å². The highest BCUT2D eigenvalue weighted by molar-refractivity contribution is 5.84. The van der Waals surface area contributed by atoms with Crippen LogP contribution in [0.5, 0.6) is 0 Å². The van der Waals surface area contributed by atoms with E-state index in [9.17, 15) is 18.0 Å². The molecule has 0 radical (unpaired) electrons. The molecule has 8 heteroatoms. The van der Waals surface area contributed by atoms with Crippen LogP contribution in [0.3, 0.4) is 0 Å². The molecule has 0 aliphatic rings. The van der Waals surface area contributed by atoms with Crippen LogP contribution in [0.4, 0.5) is 13.2 Å². The fourth-order valence-electron chi connectivity index (χ4n) is 1.59. The highest BCUT2D eigenvalue weighted by Crippen LogP contribution is 2.29. The van der Waals surface area contributed by atoms with E-state index in [4.69, 9.17) is 0 Å². The van der Waals surface area contributed by atoms with Gasteiger partial charge in [0.15, 0.2) is 0 Å². The van der Waals surface area contributed by atoms with Gasteiger partial charge in [-0.05, 0) is 17.7 Å². The van der Waals surface area contributed by atoms with Crippen LogP contribution in [0, 0.1) is 0 Å². The van der Waals surface area contributed by atoms with E-state index >= 15 is 0 Å². The quantitative estimate of drug-likeness (QED) is 0.811. The maximum Gasteiger partial charge on any atom is 0.416 e. The molecule has 0 unspecified atom stereocenters. The second-order valence-corrected chi connectivity index (χ2v) is 3.96. The zero-order chi connectivity index (χ0) is 14.8. The van der Waals surface area contributed by atoms with E-state index < -0.39 is 17.7 Å². The number of benzene rings is 1. The van der Waals surface area contributed by atoms with Crippen LogP contribution in [0.2, 0.25) is 0 Å². The molecule has 0 N–H and O–H groups in total. The number of nitrogens with zero attached hydrogens (tertiary/aromatic N) is 3. The number of rotatable bonds is 3. The molecular formula is C12H10F3N3O2. The molecular weight excluding hydrogens is 275 g/mol. The van der Waals surface area contributed by atoms with E-state index in [1.807, 2.05) is 0 Å². The van der Waals surface area contributed by atoms with Crippen LogP contribution in [-0.2, 0) is 17.5 Å². The van der Waals surface area contributed by atoms with Crippen molar-refractivity contribution in [2.24, 2.45) is 0 Å². The summed E-state index contributed by atoms with van der Waals surface area (Å²) in [6, 6.07) is 4.87. The van der Waals surface area contributed by atoms with Gasteiger partial charge in [0.25, 0.3) is 5.82 Å². The topological polar surface area (TPSA) is 57.0 Å². The number of hydrogen-bond donors (Lipinski definition) is 0. The molecule has 0 saturated carbocycles. The van der Waals surface area contributed by atoms with Gasteiger partial charge in [-0.2, -0.15) is 13.2 Å². The molecule has 106 valence electrons. The third kappa shape index (κ3) is 3.14. The summed E-state index contributed by atoms with van der Waals surface area (Å²) in [5.74, 6) is -0.840. The normalized spacial score (nSPS) is 11.4. The summed E-state index contributed by atoms with van der Waals surface area (Å²) in [6.45, 7) is 0.0773. The van der Waals surface area contributed by atoms with Crippen molar-refractivity contribution in [3.05, 3.63) is 47.5 Å². The summed E-state index contributed by atoms with van der Waals surface area (Å²) in [5, 5.41) is 3.82. The molecule has 20 heavy (non-hydrogen) atoms. The third-order valence-corrected chi connectivity index (χ3v) is 2.50. The number of hydrogen-bond acceptors (Lipinski definition) is 4. The zero-order valence-electron chi connectivity index (χ0n) is 10.4. The highest BCUT2D eigenvalue weighted by Gasteiger charge is 2.30. The molecule has 0 saturated heterocycles. The van der Waals surface area contributed by atoms with Crippen LogP contribution in [0.15, 0.2) is 30.6 Å². The maximum atomic E-state index is 12.6. The summed E-state index contributed by atoms with van der Waals surface area (Å²) in [5.41, 5.74) is -0.329. The van der Waals surface area contributed by atoms with Crippen LogP contribution in [0.1, 0.15) is 21.7 Å². The minimum Gasteiger partial charge on any atom is -0.463 e. The summed E-state index contributed by atoms with van der Waals surface area (Å²) in [6.07, 6.45) is -3.14. The van der Waals surface area contributed by atoms with Crippen molar-refractivity contribution in [3.8, 4) is 0 Å². The Hall–Kier alpha value is -2.38. The third-order valence-electron chi connectivity index (χ3n) is 2.50. The second kappa shape index (κ2) is 5.32. The molecule has 0 spiro atoms. The SMILES string of the molecule is COC(=O)c1ncn(Cc2cccc(C(F)(F)F)c2)n1. The molecule has 0 atom stereocenters. The minimum absolute atomic E-state index is 0.0773. The smallest absolute Gasteiger partial charge is 0.416 e. The molecule has 1 aromatic heterocycles. The van der Waals surface area contributed by atoms with Crippen LogP contribution in [0.25, 0.3) is 0 Å². The Bertz CT molecular complexity index is 622. The van der Waals surface area contributed by atoms with Crippen LogP contribution < -0.4 is 0 Å². The Morgan fingerprint density at radius 3 is 2.80 bits per heavy atom. The van der Waals surface area contributed by atoms with Gasteiger partial charge in [-0.1, -0.05) is 12.1 Å². The Morgan fingerprint density at radius 2 is 2.15 bits per heavy atom. The predicted octanol–water partition coefficient (Wildman–Crippen LogP) is 2.13. The van der Waals surface area contributed by atoms with E-state index in [1.54, 1.807) is 0 Å². The van der Waals surface area contributed by atoms with Gasteiger partial charge in [0.05, 0.1) is 19.2 Å². The number of methoxy groups -OCH3 is 1. The van der Waals surface area contributed by atoms with Crippen molar-refractivity contribution < 1.29 is 22.7 Å². The van der Waals surface area contributed by atoms with Crippen molar-refractivity contribution in [1.29, 1.82) is 0 Å². The largest absolute Gasteiger partial charge is 0.463 e. The molecule has 1 heterocycles. The molecule has 2 aromatic rings. The summed E-state index contributed by atoms with van der Waals surface area (Å²) < 4.78 is 43.4. The lowest BCUT2D eigenvalue weighted by molar-refractivity contribution is -0.137. The van der Waals surface area contributed by atoms with Gasteiger partial charge in [0, 0.05) is 0 Å². The second-order valence-electron chi connectivity index (χ2n) is 3.96. The van der Waals surface area contributed by atoms with E-state index in [-0.39, 0.29) is 12.4 Å². The van der Waals surface area contributed by atoms with Gasteiger partial charge in [0.1, 0.15) is 6.33 Å². The number of aromatic nitrogens is 3. The fourth-order valence-corrected chi connectivity index (χ4v) is 1.59. The Kier molecular flexibility index (Phi) is 3.73. The number of carbonyl (C=O) groups excluding carboxylic acids is 1. The highest BCUT2D eigenvalue weighted by atomic mass is 19.4. The fraction of sp³-hybridized carbons (Fsp3) is 0.250. The van der Waals surface area contributed by atoms with E-state index in [0.717, 1.165) is 12.1 Å². The van der Waals surface area contributed by atoms with Crippen LogP contribution >= 0.6 is 0 Å². The number of carbonyl (C=O) groups is 1. The Labute approximate surface area is 112 Å². The first kappa shape index (κ1) is 14.0. The molecule has 1 aromatic carbocycles. The Balaban J connectivity index is 2.18. The maximum absolute atomic E-state index is 12.6. The zero-order valence-corrected chi connectivity index (χ0v) is 10.4. The van der Waals surface area contributed by atoms with Gasteiger partial charge in [-0.15, -0.1) is 5.10 Å². The standard InChI is InChI=1S/C12H10F3N3O2/c1-20-11(19)10-16-7-18(17-10)6-8-3-2-4-9(5-8)12(13,14)15/h2-5,7H,6H2,1H3. The predicted molar refractivity (Wildman–Crippen MR) is 61.9 cm³/mol. The van der Waals surface area contributed by atoms with Crippen molar-refractivity contribution in [2.75, 3.05) is 7.11 Å². The van der Waals surface area contributed by atoms with Crippen molar-refractivity contribution in [3.63, 3.8) is 0 Å².